The molecule has 1 aliphatic heterocycles. The number of hydrogen-bond donors (Lipinski definition) is 3. The fraction of sp³-hybridized carbons (Fsp3) is 0.412. The molecule has 1 unspecified atom stereocenters. The number of nitrogens with one attached hydrogen (secondary N) is 2. The van der Waals surface area contributed by atoms with E-state index in [2.05, 4.69) is 15.7 Å². The molecule has 2 aromatic rings. The van der Waals surface area contributed by atoms with Crippen molar-refractivity contribution in [1.82, 2.24) is 20.4 Å². The minimum atomic E-state index is -3.68. The summed E-state index contributed by atoms with van der Waals surface area (Å²) in [7, 11) is -3.68. The number of rotatable bonds is 6. The van der Waals surface area contributed by atoms with Crippen LogP contribution in [0.1, 0.15) is 34.9 Å². The van der Waals surface area contributed by atoms with Crippen LogP contribution in [0.4, 0.5) is 0 Å². The Hall–Kier alpha value is -2.23. The Morgan fingerprint density at radius 1 is 1.31 bits per heavy atom. The van der Waals surface area contributed by atoms with Crippen LogP contribution in [0.3, 0.4) is 0 Å². The largest absolute Gasteiger partial charge is 0.350 e. The molecular formula is C17H23N5O3S. The highest BCUT2D eigenvalue weighted by atomic mass is 32.2. The molecule has 140 valence electrons. The summed E-state index contributed by atoms with van der Waals surface area (Å²) in [6.07, 6.45) is 4.60. The molecule has 0 spiro atoms. The van der Waals surface area contributed by atoms with Crippen LogP contribution >= 0.6 is 0 Å². The summed E-state index contributed by atoms with van der Waals surface area (Å²) in [5, 5.41) is 15.6. The number of piperidine rings is 1. The zero-order valence-electron chi connectivity index (χ0n) is 14.4. The monoisotopic (exact) mass is 377 g/mol. The van der Waals surface area contributed by atoms with E-state index >= 15 is 0 Å². The first-order chi connectivity index (χ1) is 12.4. The maximum absolute atomic E-state index is 12.2. The molecule has 8 nitrogen and oxygen atoms in total. The van der Waals surface area contributed by atoms with E-state index in [1.165, 1.54) is 12.1 Å². The molecule has 26 heavy (non-hydrogen) atoms. The van der Waals surface area contributed by atoms with Crippen LogP contribution in [-0.2, 0) is 16.4 Å². The zero-order valence-corrected chi connectivity index (χ0v) is 15.2. The molecule has 1 atom stereocenters. The Kier molecular flexibility index (Phi) is 5.70. The second-order valence-electron chi connectivity index (χ2n) is 6.38. The number of hydrogen-bond acceptors (Lipinski definition) is 5. The molecule has 0 radical (unpaired) electrons. The van der Waals surface area contributed by atoms with E-state index in [1.807, 2.05) is 10.9 Å². The van der Waals surface area contributed by atoms with Gasteiger partial charge in [-0.1, -0.05) is 12.1 Å². The van der Waals surface area contributed by atoms with E-state index in [0.29, 0.717) is 24.7 Å². The van der Waals surface area contributed by atoms with Crippen LogP contribution in [0.2, 0.25) is 0 Å². The van der Waals surface area contributed by atoms with Gasteiger partial charge in [-0.25, -0.2) is 13.6 Å². The van der Waals surface area contributed by atoms with Gasteiger partial charge in [0.15, 0.2) is 0 Å². The zero-order chi connectivity index (χ0) is 18.6. The standard InChI is InChI=1S/C17H23N5O3S/c18-26(24,25)15-5-3-13(4-6-15)7-10-20-17(23)16-8-11-22(21-16)14-2-1-9-19-12-14/h3-6,8,11,14,19H,1-2,7,9-10,12H2,(H,20,23)(H2,18,24,25). The predicted octanol–water partition coefficient (Wildman–Crippen LogP) is 0.427. The highest BCUT2D eigenvalue weighted by Gasteiger charge is 2.17. The number of benzene rings is 1. The number of carbonyl (C=O) groups excluding carboxylic acids is 1. The fourth-order valence-electron chi connectivity index (χ4n) is 2.98. The van der Waals surface area contributed by atoms with Crippen LogP contribution in [-0.4, -0.2) is 43.7 Å². The van der Waals surface area contributed by atoms with Gasteiger partial charge in [0.1, 0.15) is 5.69 Å². The van der Waals surface area contributed by atoms with Gasteiger partial charge in [-0.3, -0.25) is 9.48 Å². The highest BCUT2D eigenvalue weighted by molar-refractivity contribution is 7.89. The quantitative estimate of drug-likeness (QED) is 0.674. The molecule has 9 heteroatoms. The van der Waals surface area contributed by atoms with Crippen molar-refractivity contribution in [3.63, 3.8) is 0 Å². The van der Waals surface area contributed by atoms with Crippen LogP contribution in [0.25, 0.3) is 0 Å². The van der Waals surface area contributed by atoms with Crippen molar-refractivity contribution < 1.29 is 13.2 Å². The molecule has 1 aromatic heterocycles. The Labute approximate surface area is 152 Å². The predicted molar refractivity (Wildman–Crippen MR) is 97.2 cm³/mol. The molecule has 0 bridgehead atoms. The van der Waals surface area contributed by atoms with Crippen molar-refractivity contribution in [3.8, 4) is 0 Å². The lowest BCUT2D eigenvalue weighted by atomic mass is 10.1. The average Bonchev–Trinajstić information content (AvgIpc) is 3.12. The van der Waals surface area contributed by atoms with Gasteiger partial charge in [0.25, 0.3) is 5.91 Å². The van der Waals surface area contributed by atoms with Crippen LogP contribution in [0.15, 0.2) is 41.4 Å². The maximum atomic E-state index is 12.2. The first kappa shape index (κ1) is 18.6. The van der Waals surface area contributed by atoms with Crippen LogP contribution in [0, 0.1) is 0 Å². The lowest BCUT2D eigenvalue weighted by Gasteiger charge is -2.22. The molecule has 1 amide bonds. The van der Waals surface area contributed by atoms with Gasteiger partial charge in [-0.2, -0.15) is 5.10 Å². The molecule has 1 saturated heterocycles. The minimum absolute atomic E-state index is 0.0769. The first-order valence-electron chi connectivity index (χ1n) is 8.59. The van der Waals surface area contributed by atoms with E-state index in [1.54, 1.807) is 18.2 Å². The minimum Gasteiger partial charge on any atom is -0.350 e. The third-order valence-electron chi connectivity index (χ3n) is 4.44. The Balaban J connectivity index is 1.50. The van der Waals surface area contributed by atoms with E-state index in [0.717, 1.165) is 31.5 Å². The first-order valence-corrected chi connectivity index (χ1v) is 10.1. The number of nitrogens with zero attached hydrogens (tertiary/aromatic N) is 2. The van der Waals surface area contributed by atoms with Gasteiger partial charge >= 0.3 is 0 Å². The summed E-state index contributed by atoms with van der Waals surface area (Å²) < 4.78 is 24.3. The van der Waals surface area contributed by atoms with Gasteiger partial charge < -0.3 is 10.6 Å². The smallest absolute Gasteiger partial charge is 0.271 e. The van der Waals surface area contributed by atoms with Crippen molar-refractivity contribution in [3.05, 3.63) is 47.8 Å². The van der Waals surface area contributed by atoms with E-state index in [-0.39, 0.29) is 10.8 Å². The second kappa shape index (κ2) is 7.98. The number of aromatic nitrogens is 2. The summed E-state index contributed by atoms with van der Waals surface area (Å²) in [6, 6.07) is 8.33. The molecule has 0 aliphatic carbocycles. The molecular weight excluding hydrogens is 354 g/mol. The highest BCUT2D eigenvalue weighted by Crippen LogP contribution is 2.15. The van der Waals surface area contributed by atoms with Gasteiger partial charge in [0.05, 0.1) is 10.9 Å². The number of nitrogens with two attached hydrogens (primary N) is 1. The molecule has 1 aliphatic rings. The Bertz CT molecular complexity index is 855. The molecule has 0 saturated carbocycles. The van der Waals surface area contributed by atoms with E-state index in [4.69, 9.17) is 5.14 Å². The van der Waals surface area contributed by atoms with Crippen molar-refractivity contribution in [2.24, 2.45) is 5.14 Å². The Morgan fingerprint density at radius 2 is 2.08 bits per heavy atom. The van der Waals surface area contributed by atoms with Crippen LogP contribution < -0.4 is 15.8 Å². The number of primary sulfonamides is 1. The average molecular weight is 377 g/mol. The van der Waals surface area contributed by atoms with Crippen molar-refractivity contribution in [2.45, 2.75) is 30.2 Å². The third kappa shape index (κ3) is 4.69. The summed E-state index contributed by atoms with van der Waals surface area (Å²) in [5.74, 6) is -0.214. The van der Waals surface area contributed by atoms with Gasteiger partial charge in [0, 0.05) is 19.3 Å². The Morgan fingerprint density at radius 3 is 2.73 bits per heavy atom. The molecule has 1 aromatic carbocycles. The summed E-state index contributed by atoms with van der Waals surface area (Å²) in [4.78, 5) is 12.3. The molecule has 3 rings (SSSR count). The van der Waals surface area contributed by atoms with Crippen molar-refractivity contribution >= 4 is 15.9 Å². The van der Waals surface area contributed by atoms with E-state index < -0.39 is 10.0 Å². The fourth-order valence-corrected chi connectivity index (χ4v) is 3.49. The lowest BCUT2D eigenvalue weighted by molar-refractivity contribution is 0.0947. The topological polar surface area (TPSA) is 119 Å². The van der Waals surface area contributed by atoms with Gasteiger partial charge in [-0.15, -0.1) is 0 Å². The lowest BCUT2D eigenvalue weighted by Crippen LogP contribution is -2.32. The molecule has 4 N–H and O–H groups in total. The van der Waals surface area contributed by atoms with Gasteiger partial charge in [-0.05, 0) is 49.6 Å². The van der Waals surface area contributed by atoms with Gasteiger partial charge in [0.2, 0.25) is 10.0 Å². The summed E-state index contributed by atoms with van der Waals surface area (Å²) in [6.45, 7) is 2.34. The third-order valence-corrected chi connectivity index (χ3v) is 5.37. The van der Waals surface area contributed by atoms with Crippen molar-refractivity contribution in [2.75, 3.05) is 19.6 Å². The van der Waals surface area contributed by atoms with Crippen molar-refractivity contribution in [1.29, 1.82) is 0 Å². The van der Waals surface area contributed by atoms with E-state index in [9.17, 15) is 13.2 Å². The summed E-state index contributed by atoms with van der Waals surface area (Å²) >= 11 is 0. The number of amides is 1. The maximum Gasteiger partial charge on any atom is 0.271 e. The number of sulfonamides is 1. The molecule has 2 heterocycles. The second-order valence-corrected chi connectivity index (χ2v) is 7.94. The normalized spacial score (nSPS) is 17.8. The summed E-state index contributed by atoms with van der Waals surface area (Å²) in [5.41, 5.74) is 1.32. The molecule has 1 fully saturated rings. The number of carbonyl (C=O) groups is 1. The SMILES string of the molecule is NS(=O)(=O)c1ccc(CCNC(=O)c2ccn(C3CCCNC3)n2)cc1. The van der Waals surface area contributed by atoms with Crippen LogP contribution in [0.5, 0.6) is 0 Å².